The molecule has 0 unspecified atom stereocenters. The molecule has 1 saturated carbocycles. The molecule has 0 bridgehead atoms. The number of ether oxygens (including phenoxy) is 1. The first-order valence-corrected chi connectivity index (χ1v) is 9.52. The van der Waals surface area contributed by atoms with Crippen LogP contribution in [0.25, 0.3) is 0 Å². The second-order valence-corrected chi connectivity index (χ2v) is 8.13. The molecule has 1 atom stereocenters. The molecule has 4 N–H and O–H groups in total. The summed E-state index contributed by atoms with van der Waals surface area (Å²) in [7, 11) is 0. The number of amides is 1. The Balaban J connectivity index is 2.08. The van der Waals surface area contributed by atoms with E-state index in [2.05, 4.69) is 48.3 Å². The maximum atomic E-state index is 11.7. The SMILES string of the molecule is CCOC1CCC(Nc2ncc(C(N)=O)c(N[C@H](C)C(C)(C)C)n2)CC1. The number of primary amides is 1. The largest absolute Gasteiger partial charge is 0.379 e. The third kappa shape index (κ3) is 5.56. The summed E-state index contributed by atoms with van der Waals surface area (Å²) in [6.45, 7) is 11.3. The first kappa shape index (κ1) is 20.4. The van der Waals surface area contributed by atoms with Crippen molar-refractivity contribution in [3.8, 4) is 0 Å². The van der Waals surface area contributed by atoms with Crippen molar-refractivity contribution in [3.63, 3.8) is 0 Å². The summed E-state index contributed by atoms with van der Waals surface area (Å²) in [5.74, 6) is 0.483. The zero-order chi connectivity index (χ0) is 19.3. The zero-order valence-electron chi connectivity index (χ0n) is 16.6. The Bertz CT molecular complexity index is 606. The van der Waals surface area contributed by atoms with Crippen LogP contribution in [0.15, 0.2) is 6.20 Å². The standard InChI is InChI=1S/C19H33N5O2/c1-6-26-14-9-7-13(8-10-14)23-18-21-11-15(16(20)25)17(24-18)22-12(2)19(3,4)5/h11-14H,6-10H2,1-5H3,(H2,20,25)(H2,21,22,23,24)/t12-,13?,14?/m1/s1. The Morgan fingerprint density at radius 2 is 2.00 bits per heavy atom. The summed E-state index contributed by atoms with van der Waals surface area (Å²) >= 11 is 0. The minimum atomic E-state index is -0.530. The molecule has 0 aromatic carbocycles. The molecule has 146 valence electrons. The summed E-state index contributed by atoms with van der Waals surface area (Å²) in [4.78, 5) is 20.5. The van der Waals surface area contributed by atoms with Crippen LogP contribution in [0.2, 0.25) is 0 Å². The average Bonchev–Trinajstić information content (AvgIpc) is 2.56. The van der Waals surface area contributed by atoms with E-state index in [9.17, 15) is 4.79 Å². The van der Waals surface area contributed by atoms with Crippen molar-refractivity contribution in [2.45, 2.75) is 78.5 Å². The Morgan fingerprint density at radius 1 is 1.35 bits per heavy atom. The van der Waals surface area contributed by atoms with Crippen molar-refractivity contribution in [1.82, 2.24) is 9.97 Å². The number of nitrogens with zero attached hydrogens (tertiary/aromatic N) is 2. The predicted octanol–water partition coefficient (Wildman–Crippen LogP) is 3.18. The van der Waals surface area contributed by atoms with Crippen LogP contribution < -0.4 is 16.4 Å². The van der Waals surface area contributed by atoms with Gasteiger partial charge in [0.2, 0.25) is 5.95 Å². The van der Waals surface area contributed by atoms with Gasteiger partial charge in [0.05, 0.1) is 11.7 Å². The van der Waals surface area contributed by atoms with Crippen molar-refractivity contribution in [2.75, 3.05) is 17.2 Å². The molecule has 26 heavy (non-hydrogen) atoms. The predicted molar refractivity (Wildman–Crippen MR) is 104 cm³/mol. The Hall–Kier alpha value is -1.89. The maximum Gasteiger partial charge on any atom is 0.254 e. The normalized spacial score (nSPS) is 21.9. The van der Waals surface area contributed by atoms with Gasteiger partial charge >= 0.3 is 0 Å². The van der Waals surface area contributed by atoms with E-state index < -0.39 is 5.91 Å². The number of hydrogen-bond acceptors (Lipinski definition) is 6. The van der Waals surface area contributed by atoms with Crippen molar-refractivity contribution in [2.24, 2.45) is 11.1 Å². The molecule has 1 heterocycles. The fourth-order valence-corrected chi connectivity index (χ4v) is 2.96. The molecular weight excluding hydrogens is 330 g/mol. The van der Waals surface area contributed by atoms with E-state index in [4.69, 9.17) is 10.5 Å². The Morgan fingerprint density at radius 3 is 2.54 bits per heavy atom. The van der Waals surface area contributed by atoms with Crippen molar-refractivity contribution < 1.29 is 9.53 Å². The van der Waals surface area contributed by atoms with Crippen LogP contribution in [0, 0.1) is 5.41 Å². The molecule has 2 rings (SSSR count). The number of anilines is 2. The van der Waals surface area contributed by atoms with E-state index in [1.807, 2.05) is 6.92 Å². The van der Waals surface area contributed by atoms with E-state index in [-0.39, 0.29) is 11.5 Å². The number of nitrogens with two attached hydrogens (primary N) is 1. The number of nitrogens with one attached hydrogen (secondary N) is 2. The second kappa shape index (κ2) is 8.66. The first-order chi connectivity index (χ1) is 12.2. The van der Waals surface area contributed by atoms with Crippen LogP contribution in [-0.2, 0) is 4.74 Å². The summed E-state index contributed by atoms with van der Waals surface area (Å²) in [6.07, 6.45) is 5.98. The molecule has 0 spiro atoms. The number of hydrogen-bond donors (Lipinski definition) is 3. The molecule has 1 amide bonds. The molecular formula is C19H33N5O2. The minimum absolute atomic E-state index is 0.0190. The molecule has 1 aromatic rings. The van der Waals surface area contributed by atoms with Gasteiger partial charge in [0.1, 0.15) is 5.82 Å². The van der Waals surface area contributed by atoms with Crippen molar-refractivity contribution in [1.29, 1.82) is 0 Å². The topological polar surface area (TPSA) is 102 Å². The fraction of sp³-hybridized carbons (Fsp3) is 0.737. The number of aromatic nitrogens is 2. The summed E-state index contributed by atoms with van der Waals surface area (Å²) < 4.78 is 5.70. The van der Waals surface area contributed by atoms with Gasteiger partial charge in [-0.3, -0.25) is 4.79 Å². The monoisotopic (exact) mass is 363 g/mol. The highest BCUT2D eigenvalue weighted by atomic mass is 16.5. The smallest absolute Gasteiger partial charge is 0.254 e. The van der Waals surface area contributed by atoms with Gasteiger partial charge in [0.25, 0.3) is 5.91 Å². The van der Waals surface area contributed by atoms with E-state index >= 15 is 0 Å². The van der Waals surface area contributed by atoms with E-state index in [0.717, 1.165) is 32.3 Å². The second-order valence-electron chi connectivity index (χ2n) is 8.13. The van der Waals surface area contributed by atoms with Gasteiger partial charge in [0.15, 0.2) is 0 Å². The number of rotatable bonds is 7. The highest BCUT2D eigenvalue weighted by Gasteiger charge is 2.24. The molecule has 1 fully saturated rings. The summed E-state index contributed by atoms with van der Waals surface area (Å²) in [5, 5.41) is 6.71. The molecule has 1 aliphatic carbocycles. The number of carbonyl (C=O) groups is 1. The van der Waals surface area contributed by atoms with E-state index in [1.54, 1.807) is 0 Å². The lowest BCUT2D eigenvalue weighted by Crippen LogP contribution is -2.33. The average molecular weight is 364 g/mol. The molecule has 1 aromatic heterocycles. The quantitative estimate of drug-likeness (QED) is 0.687. The lowest BCUT2D eigenvalue weighted by Gasteiger charge is -2.30. The molecule has 1 aliphatic rings. The van der Waals surface area contributed by atoms with Gasteiger partial charge in [-0.15, -0.1) is 0 Å². The van der Waals surface area contributed by atoms with Crippen LogP contribution >= 0.6 is 0 Å². The third-order valence-corrected chi connectivity index (χ3v) is 5.12. The van der Waals surface area contributed by atoms with Crippen LogP contribution in [0.5, 0.6) is 0 Å². The van der Waals surface area contributed by atoms with Crippen LogP contribution in [0.3, 0.4) is 0 Å². The molecule has 0 aliphatic heterocycles. The molecule has 7 heteroatoms. The lowest BCUT2D eigenvalue weighted by molar-refractivity contribution is 0.0346. The minimum Gasteiger partial charge on any atom is -0.379 e. The Kier molecular flexibility index (Phi) is 6.81. The van der Waals surface area contributed by atoms with Crippen molar-refractivity contribution >= 4 is 17.7 Å². The third-order valence-electron chi connectivity index (χ3n) is 5.12. The Labute approximate surface area is 156 Å². The van der Waals surface area contributed by atoms with Gasteiger partial charge in [-0.2, -0.15) is 4.98 Å². The van der Waals surface area contributed by atoms with Gasteiger partial charge in [0, 0.05) is 24.9 Å². The lowest BCUT2D eigenvalue weighted by atomic mass is 9.88. The molecule has 0 saturated heterocycles. The van der Waals surface area contributed by atoms with Crippen molar-refractivity contribution in [3.05, 3.63) is 11.8 Å². The fourth-order valence-electron chi connectivity index (χ4n) is 2.96. The highest BCUT2D eigenvalue weighted by Crippen LogP contribution is 2.26. The van der Waals surface area contributed by atoms with E-state index in [1.165, 1.54) is 6.20 Å². The number of carbonyl (C=O) groups excluding carboxylic acids is 1. The van der Waals surface area contributed by atoms with Gasteiger partial charge in [-0.05, 0) is 44.9 Å². The van der Waals surface area contributed by atoms with Crippen LogP contribution in [0.4, 0.5) is 11.8 Å². The van der Waals surface area contributed by atoms with Crippen LogP contribution in [0.1, 0.15) is 70.7 Å². The first-order valence-electron chi connectivity index (χ1n) is 9.52. The van der Waals surface area contributed by atoms with E-state index in [0.29, 0.717) is 29.5 Å². The molecule has 7 nitrogen and oxygen atoms in total. The van der Waals surface area contributed by atoms with Crippen LogP contribution in [-0.4, -0.2) is 40.7 Å². The summed E-state index contributed by atoms with van der Waals surface area (Å²) in [6, 6.07) is 0.434. The van der Waals surface area contributed by atoms with Gasteiger partial charge < -0.3 is 21.1 Å². The highest BCUT2D eigenvalue weighted by molar-refractivity contribution is 5.97. The van der Waals surface area contributed by atoms with Gasteiger partial charge in [-0.25, -0.2) is 4.98 Å². The summed E-state index contributed by atoms with van der Waals surface area (Å²) in [5.41, 5.74) is 5.81. The van der Waals surface area contributed by atoms with Gasteiger partial charge in [-0.1, -0.05) is 20.8 Å². The molecule has 0 radical (unpaired) electrons. The zero-order valence-corrected chi connectivity index (χ0v) is 16.6. The maximum absolute atomic E-state index is 11.7.